The number of hydrogen-bond acceptors (Lipinski definition) is 3. The van der Waals surface area contributed by atoms with Crippen LogP contribution >= 0.6 is 23.4 Å². The van der Waals surface area contributed by atoms with Gasteiger partial charge in [0.1, 0.15) is 0 Å². The van der Waals surface area contributed by atoms with Crippen LogP contribution in [0.3, 0.4) is 0 Å². The number of thioether (sulfide) groups is 1. The molecule has 96 valence electrons. The molecule has 1 fully saturated rings. The molecule has 0 aliphatic heterocycles. The molecule has 2 unspecified atom stereocenters. The minimum Gasteiger partial charge on any atom is -0.369 e. The summed E-state index contributed by atoms with van der Waals surface area (Å²) in [6.07, 6.45) is 5.89. The second-order valence-corrected chi connectivity index (χ2v) is 6.26. The van der Waals surface area contributed by atoms with Gasteiger partial charge >= 0.3 is 0 Å². The Labute approximate surface area is 116 Å². The summed E-state index contributed by atoms with van der Waals surface area (Å²) in [5, 5.41) is 1.35. The van der Waals surface area contributed by atoms with Gasteiger partial charge in [-0.05, 0) is 37.3 Å². The Morgan fingerprint density at radius 1 is 1.44 bits per heavy atom. The van der Waals surface area contributed by atoms with Crippen LogP contribution in [0.15, 0.2) is 18.2 Å². The molecule has 1 saturated carbocycles. The van der Waals surface area contributed by atoms with Crippen LogP contribution in [0, 0.1) is 0 Å². The van der Waals surface area contributed by atoms with Crippen LogP contribution in [-0.2, 0) is 0 Å². The molecule has 0 spiro atoms. The van der Waals surface area contributed by atoms with Crippen molar-refractivity contribution in [2.45, 2.75) is 30.6 Å². The molecule has 0 saturated heterocycles. The van der Waals surface area contributed by atoms with Crippen molar-refractivity contribution in [3.63, 3.8) is 0 Å². The van der Waals surface area contributed by atoms with E-state index in [9.17, 15) is 0 Å². The van der Waals surface area contributed by atoms with E-state index in [2.05, 4.69) is 15.8 Å². The van der Waals surface area contributed by atoms with E-state index < -0.39 is 0 Å². The molecule has 0 radical (unpaired) electrons. The summed E-state index contributed by atoms with van der Waals surface area (Å²) in [4.78, 5) is 4.43. The zero-order chi connectivity index (χ0) is 12.7. The van der Waals surface area contributed by atoms with Crippen LogP contribution in [0.1, 0.15) is 25.3 Å². The Bertz CT molecular complexity index is 581. The van der Waals surface area contributed by atoms with Gasteiger partial charge in [-0.2, -0.15) is 11.8 Å². The number of fused-ring (bicyclic) bond motifs is 1. The van der Waals surface area contributed by atoms with Gasteiger partial charge in [-0.25, -0.2) is 4.98 Å². The van der Waals surface area contributed by atoms with E-state index in [1.807, 2.05) is 30.0 Å². The first-order valence-electron chi connectivity index (χ1n) is 6.16. The smallest absolute Gasteiger partial charge is 0.201 e. The zero-order valence-corrected chi connectivity index (χ0v) is 11.8. The van der Waals surface area contributed by atoms with Crippen molar-refractivity contribution < 1.29 is 0 Å². The molecule has 1 aromatic carbocycles. The van der Waals surface area contributed by atoms with Crippen molar-refractivity contribution in [3.8, 4) is 0 Å². The number of nitrogens with two attached hydrogens (primary N) is 1. The van der Waals surface area contributed by atoms with Gasteiger partial charge in [0.2, 0.25) is 5.95 Å². The number of nitrogens with zero attached hydrogens (tertiary/aromatic N) is 2. The minimum absolute atomic E-state index is 0.464. The summed E-state index contributed by atoms with van der Waals surface area (Å²) in [6, 6.07) is 6.28. The quantitative estimate of drug-likeness (QED) is 0.912. The molecule has 0 bridgehead atoms. The summed E-state index contributed by atoms with van der Waals surface area (Å²) in [6.45, 7) is 0. The number of aromatic nitrogens is 2. The monoisotopic (exact) mass is 281 g/mol. The molecule has 1 heterocycles. The van der Waals surface area contributed by atoms with E-state index in [0.717, 1.165) is 11.0 Å². The average molecular weight is 282 g/mol. The van der Waals surface area contributed by atoms with Crippen LogP contribution in [0.2, 0.25) is 5.02 Å². The van der Waals surface area contributed by atoms with E-state index in [1.54, 1.807) is 0 Å². The van der Waals surface area contributed by atoms with Gasteiger partial charge in [-0.1, -0.05) is 18.0 Å². The molecule has 2 N–H and O–H groups in total. The van der Waals surface area contributed by atoms with Crippen LogP contribution in [0.25, 0.3) is 11.0 Å². The number of rotatable bonds is 2. The lowest BCUT2D eigenvalue weighted by Gasteiger charge is -2.21. The minimum atomic E-state index is 0.464. The first-order chi connectivity index (χ1) is 8.70. The normalized spacial score (nSPS) is 23.9. The van der Waals surface area contributed by atoms with Gasteiger partial charge in [0, 0.05) is 16.3 Å². The summed E-state index contributed by atoms with van der Waals surface area (Å²) in [5.41, 5.74) is 8.09. The summed E-state index contributed by atoms with van der Waals surface area (Å²) in [5.74, 6) is 0.609. The first-order valence-corrected chi connectivity index (χ1v) is 7.83. The Balaban J connectivity index is 2.13. The van der Waals surface area contributed by atoms with Gasteiger partial charge in [0.15, 0.2) is 0 Å². The molecular formula is C13H16ClN3S. The van der Waals surface area contributed by atoms with E-state index in [-0.39, 0.29) is 0 Å². The maximum atomic E-state index is 6.10. The maximum Gasteiger partial charge on any atom is 0.201 e. The Kier molecular flexibility index (Phi) is 3.16. The Hall–Kier alpha value is -0.870. The fraction of sp³-hybridized carbons (Fsp3) is 0.462. The Morgan fingerprint density at radius 3 is 3.06 bits per heavy atom. The van der Waals surface area contributed by atoms with Crippen LogP contribution in [0.5, 0.6) is 0 Å². The fourth-order valence-corrected chi connectivity index (χ4v) is 4.06. The van der Waals surface area contributed by atoms with Crippen LogP contribution in [-0.4, -0.2) is 21.1 Å². The van der Waals surface area contributed by atoms with Crippen molar-refractivity contribution in [1.29, 1.82) is 0 Å². The van der Waals surface area contributed by atoms with Crippen LogP contribution < -0.4 is 5.73 Å². The van der Waals surface area contributed by atoms with Crippen molar-refractivity contribution in [1.82, 2.24) is 9.55 Å². The zero-order valence-electron chi connectivity index (χ0n) is 10.3. The predicted octanol–water partition coefficient (Wildman–Crippen LogP) is 3.73. The molecule has 18 heavy (non-hydrogen) atoms. The summed E-state index contributed by atoms with van der Waals surface area (Å²) >= 11 is 7.93. The lowest BCUT2D eigenvalue weighted by molar-refractivity contribution is 0.550. The highest BCUT2D eigenvalue weighted by molar-refractivity contribution is 7.99. The second kappa shape index (κ2) is 4.67. The van der Waals surface area contributed by atoms with Gasteiger partial charge in [0.25, 0.3) is 0 Å². The highest BCUT2D eigenvalue weighted by Gasteiger charge is 2.30. The van der Waals surface area contributed by atoms with Crippen molar-refractivity contribution in [3.05, 3.63) is 23.2 Å². The number of benzene rings is 1. The number of imidazole rings is 1. The van der Waals surface area contributed by atoms with Crippen molar-refractivity contribution in [2.75, 3.05) is 12.0 Å². The number of nitrogen functional groups attached to an aromatic ring is 1. The molecule has 3 rings (SSSR count). The lowest BCUT2D eigenvalue weighted by Crippen LogP contribution is -2.17. The fourth-order valence-electron chi connectivity index (χ4n) is 2.92. The van der Waals surface area contributed by atoms with Crippen molar-refractivity contribution in [2.24, 2.45) is 0 Å². The lowest BCUT2D eigenvalue weighted by atomic mass is 10.2. The van der Waals surface area contributed by atoms with Crippen LogP contribution in [0.4, 0.5) is 5.95 Å². The standard InChI is InChI=1S/C13H16ClN3S/c1-18-12-4-2-3-11(12)17-10-6-5-8(14)7-9(10)16-13(17)15/h5-7,11-12H,2-4H2,1H3,(H2,15,16). The largest absolute Gasteiger partial charge is 0.369 e. The van der Waals surface area contributed by atoms with Gasteiger partial charge in [0.05, 0.1) is 11.0 Å². The second-order valence-electron chi connectivity index (χ2n) is 4.75. The van der Waals surface area contributed by atoms with Gasteiger partial charge in [-0.3, -0.25) is 0 Å². The molecule has 1 aromatic heterocycles. The molecule has 2 aromatic rings. The van der Waals surface area contributed by atoms with E-state index in [4.69, 9.17) is 17.3 Å². The van der Waals surface area contributed by atoms with E-state index >= 15 is 0 Å². The third kappa shape index (κ3) is 1.88. The SMILES string of the molecule is CSC1CCCC1n1c(N)nc2cc(Cl)ccc21. The Morgan fingerprint density at radius 2 is 2.28 bits per heavy atom. The van der Waals surface area contributed by atoms with E-state index in [1.165, 1.54) is 19.3 Å². The first kappa shape index (κ1) is 12.2. The molecule has 3 nitrogen and oxygen atoms in total. The highest BCUT2D eigenvalue weighted by atomic mass is 35.5. The average Bonchev–Trinajstić information content (AvgIpc) is 2.90. The molecule has 0 amide bonds. The number of halogens is 1. The molecule has 2 atom stereocenters. The topological polar surface area (TPSA) is 43.8 Å². The summed E-state index contributed by atoms with van der Waals surface area (Å²) in [7, 11) is 0. The highest BCUT2D eigenvalue weighted by Crippen LogP contribution is 2.40. The van der Waals surface area contributed by atoms with E-state index in [0.29, 0.717) is 22.3 Å². The molecular weight excluding hydrogens is 266 g/mol. The molecule has 1 aliphatic rings. The third-order valence-electron chi connectivity index (χ3n) is 3.73. The molecule has 5 heteroatoms. The predicted molar refractivity (Wildman–Crippen MR) is 79.3 cm³/mol. The number of anilines is 1. The third-order valence-corrected chi connectivity index (χ3v) is 5.12. The summed E-state index contributed by atoms with van der Waals surface area (Å²) < 4.78 is 2.19. The maximum absolute atomic E-state index is 6.10. The number of hydrogen-bond donors (Lipinski definition) is 1. The van der Waals surface area contributed by atoms with Gasteiger partial charge < -0.3 is 10.3 Å². The van der Waals surface area contributed by atoms with Crippen molar-refractivity contribution >= 4 is 40.3 Å². The van der Waals surface area contributed by atoms with Gasteiger partial charge in [-0.15, -0.1) is 0 Å². The molecule has 1 aliphatic carbocycles.